The van der Waals surface area contributed by atoms with Crippen LogP contribution in [0.25, 0.3) is 5.57 Å². The maximum Gasteiger partial charge on any atom is 0.328 e. The molecule has 1 aliphatic carbocycles. The lowest BCUT2D eigenvalue weighted by Crippen LogP contribution is -2.36. The van der Waals surface area contributed by atoms with Crippen molar-refractivity contribution in [3.8, 4) is 0 Å². The number of carboxylic acid groups (broad SMARTS) is 1. The van der Waals surface area contributed by atoms with Gasteiger partial charge in [0, 0.05) is 16.9 Å². The number of carbonyl (C=O) groups is 1. The smallest absolute Gasteiger partial charge is 0.328 e. The molecule has 0 fully saturated rings. The van der Waals surface area contributed by atoms with Crippen LogP contribution in [-0.2, 0) is 15.6 Å². The van der Waals surface area contributed by atoms with E-state index in [1.54, 1.807) is 13.0 Å². The van der Waals surface area contributed by atoms with Crippen LogP contribution in [0, 0.1) is 0 Å². The number of nitrogens with zero attached hydrogens (tertiary/aromatic N) is 2. The zero-order chi connectivity index (χ0) is 18.8. The average molecular weight is 340 g/mol. The Balaban J connectivity index is 2.34. The fraction of sp³-hybridized carbons (Fsp3) is 0.476. The van der Waals surface area contributed by atoms with Crippen molar-refractivity contribution >= 4 is 11.5 Å². The van der Waals surface area contributed by atoms with Gasteiger partial charge in [0.15, 0.2) is 0 Å². The van der Waals surface area contributed by atoms with Crippen molar-refractivity contribution in [1.29, 1.82) is 0 Å². The summed E-state index contributed by atoms with van der Waals surface area (Å²) >= 11 is 0. The predicted molar refractivity (Wildman–Crippen MR) is 102 cm³/mol. The van der Waals surface area contributed by atoms with Crippen LogP contribution in [0.2, 0.25) is 0 Å². The minimum absolute atomic E-state index is 0.0325. The van der Waals surface area contributed by atoms with Crippen LogP contribution in [-0.4, -0.2) is 21.0 Å². The van der Waals surface area contributed by atoms with E-state index in [-0.39, 0.29) is 10.8 Å². The van der Waals surface area contributed by atoms with E-state index in [9.17, 15) is 4.79 Å². The molecule has 0 saturated heterocycles. The Morgan fingerprint density at radius 2 is 1.72 bits per heavy atom. The van der Waals surface area contributed by atoms with Gasteiger partial charge in [-0.15, -0.1) is 0 Å². The normalized spacial score (nSPS) is 19.8. The molecule has 25 heavy (non-hydrogen) atoms. The summed E-state index contributed by atoms with van der Waals surface area (Å²) in [6, 6.07) is 0. The van der Waals surface area contributed by atoms with Gasteiger partial charge in [-0.25, -0.2) is 9.78 Å². The van der Waals surface area contributed by atoms with Crippen LogP contribution >= 0.6 is 0 Å². The maximum absolute atomic E-state index is 10.6. The molecule has 0 radical (unpaired) electrons. The summed E-state index contributed by atoms with van der Waals surface area (Å²) in [5, 5.41) is 8.73. The zero-order valence-corrected chi connectivity index (χ0v) is 16.1. The van der Waals surface area contributed by atoms with Gasteiger partial charge >= 0.3 is 5.97 Å². The number of aliphatic carboxylic acids is 1. The van der Waals surface area contributed by atoms with Crippen molar-refractivity contribution in [3.63, 3.8) is 0 Å². The Morgan fingerprint density at radius 3 is 2.32 bits per heavy atom. The first-order chi connectivity index (χ1) is 11.5. The summed E-state index contributed by atoms with van der Waals surface area (Å²) in [6.45, 7) is 12.7. The Labute approximate surface area is 150 Å². The molecule has 0 aliphatic heterocycles. The average Bonchev–Trinajstić information content (AvgIpc) is 2.51. The second kappa shape index (κ2) is 6.95. The highest BCUT2D eigenvalue weighted by atomic mass is 16.4. The molecule has 0 bridgehead atoms. The van der Waals surface area contributed by atoms with E-state index in [0.29, 0.717) is 5.57 Å². The quantitative estimate of drug-likeness (QED) is 0.631. The lowest BCUT2D eigenvalue weighted by molar-refractivity contribution is -0.131. The van der Waals surface area contributed by atoms with Gasteiger partial charge in [-0.05, 0) is 37.8 Å². The molecule has 0 aromatic carbocycles. The Morgan fingerprint density at radius 1 is 1.12 bits per heavy atom. The number of carboxylic acids is 1. The van der Waals surface area contributed by atoms with Gasteiger partial charge in [0.05, 0.1) is 23.3 Å². The lowest BCUT2D eigenvalue weighted by Gasteiger charge is -2.39. The summed E-state index contributed by atoms with van der Waals surface area (Å²) in [5.74, 6) is -0.937. The van der Waals surface area contributed by atoms with Crippen molar-refractivity contribution in [2.45, 2.75) is 65.2 Å². The topological polar surface area (TPSA) is 63.1 Å². The fourth-order valence-corrected chi connectivity index (χ4v) is 3.08. The van der Waals surface area contributed by atoms with E-state index >= 15 is 0 Å². The number of hydrogen-bond donors (Lipinski definition) is 1. The molecule has 134 valence electrons. The van der Waals surface area contributed by atoms with E-state index in [2.05, 4.69) is 27.7 Å². The first kappa shape index (κ1) is 19.1. The van der Waals surface area contributed by atoms with Crippen molar-refractivity contribution in [1.82, 2.24) is 9.97 Å². The van der Waals surface area contributed by atoms with Crippen LogP contribution in [0.15, 0.2) is 36.1 Å². The monoisotopic (exact) mass is 340 g/mol. The van der Waals surface area contributed by atoms with Crippen LogP contribution in [0.4, 0.5) is 0 Å². The molecular weight excluding hydrogens is 312 g/mol. The highest BCUT2D eigenvalue weighted by molar-refractivity contribution is 5.81. The van der Waals surface area contributed by atoms with Gasteiger partial charge < -0.3 is 5.11 Å². The number of rotatable bonds is 4. The van der Waals surface area contributed by atoms with Gasteiger partial charge in [-0.1, -0.05) is 45.9 Å². The van der Waals surface area contributed by atoms with Gasteiger partial charge in [-0.2, -0.15) is 0 Å². The first-order valence-electron chi connectivity index (χ1n) is 8.67. The third-order valence-electron chi connectivity index (χ3n) is 4.89. The summed E-state index contributed by atoms with van der Waals surface area (Å²) in [5.41, 5.74) is 4.87. The molecule has 0 amide bonds. The van der Waals surface area contributed by atoms with E-state index in [1.807, 2.05) is 25.3 Å². The molecule has 4 nitrogen and oxygen atoms in total. The van der Waals surface area contributed by atoms with E-state index in [0.717, 1.165) is 35.5 Å². The van der Waals surface area contributed by atoms with Crippen LogP contribution in [0.3, 0.4) is 0 Å². The molecule has 0 unspecified atom stereocenters. The molecule has 1 N–H and O–H groups in total. The van der Waals surface area contributed by atoms with Crippen LogP contribution in [0.5, 0.6) is 0 Å². The van der Waals surface area contributed by atoms with Crippen molar-refractivity contribution in [2.75, 3.05) is 0 Å². The molecule has 1 aliphatic rings. The zero-order valence-electron chi connectivity index (χ0n) is 16.1. The maximum atomic E-state index is 10.6. The van der Waals surface area contributed by atoms with Crippen LogP contribution in [0.1, 0.15) is 71.5 Å². The van der Waals surface area contributed by atoms with Crippen molar-refractivity contribution < 1.29 is 9.90 Å². The molecule has 1 aromatic rings. The Bertz CT molecular complexity index is 768. The first-order valence-corrected chi connectivity index (χ1v) is 8.67. The second-order valence-corrected chi connectivity index (χ2v) is 8.16. The minimum Gasteiger partial charge on any atom is -0.478 e. The summed E-state index contributed by atoms with van der Waals surface area (Å²) in [6.07, 6.45) is 10.8. The van der Waals surface area contributed by atoms with Gasteiger partial charge in [0.1, 0.15) is 0 Å². The molecule has 1 aromatic heterocycles. The standard InChI is InChI=1S/C21H28N2O2/c1-14(12-17(24)25)8-7-9-15(2)16-13-22-18-19(23-16)21(5,6)11-10-20(18,3)4/h7-9,12-13H,10-11H2,1-6H3,(H,24,25). The lowest BCUT2D eigenvalue weighted by atomic mass is 9.67. The predicted octanol–water partition coefficient (Wildman–Crippen LogP) is 4.82. The molecule has 2 rings (SSSR count). The summed E-state index contributed by atoms with van der Waals surface area (Å²) in [7, 11) is 0. The number of allylic oxidation sites excluding steroid dienone is 5. The summed E-state index contributed by atoms with van der Waals surface area (Å²) < 4.78 is 0. The van der Waals surface area contributed by atoms with Crippen LogP contribution < -0.4 is 0 Å². The molecule has 4 heteroatoms. The minimum atomic E-state index is -0.937. The van der Waals surface area contributed by atoms with Gasteiger partial charge in [-0.3, -0.25) is 4.98 Å². The van der Waals surface area contributed by atoms with E-state index in [1.165, 1.54) is 6.08 Å². The number of aromatic nitrogens is 2. The van der Waals surface area contributed by atoms with Gasteiger partial charge in [0.2, 0.25) is 0 Å². The van der Waals surface area contributed by atoms with Gasteiger partial charge in [0.25, 0.3) is 0 Å². The Kier molecular flexibility index (Phi) is 5.31. The highest BCUT2D eigenvalue weighted by Crippen LogP contribution is 2.43. The number of fused-ring (bicyclic) bond motifs is 1. The number of hydrogen-bond acceptors (Lipinski definition) is 3. The van der Waals surface area contributed by atoms with Crippen molar-refractivity contribution in [3.05, 3.63) is 53.2 Å². The molecule has 0 saturated carbocycles. The molecule has 1 heterocycles. The largest absolute Gasteiger partial charge is 0.478 e. The highest BCUT2D eigenvalue weighted by Gasteiger charge is 2.39. The van der Waals surface area contributed by atoms with Crippen molar-refractivity contribution in [2.24, 2.45) is 0 Å². The van der Waals surface area contributed by atoms with E-state index in [4.69, 9.17) is 15.1 Å². The summed E-state index contributed by atoms with van der Waals surface area (Å²) in [4.78, 5) is 20.3. The third-order valence-corrected chi connectivity index (χ3v) is 4.89. The SMILES string of the molecule is CC(C=CC=C(C)c1cnc2c(n1)C(C)(C)CCC2(C)C)=CC(=O)O. The van der Waals surface area contributed by atoms with E-state index < -0.39 is 5.97 Å². The second-order valence-electron chi connectivity index (χ2n) is 8.16. The molecule has 0 spiro atoms. The molecular formula is C21H28N2O2. The Hall–Kier alpha value is -2.23. The third kappa shape index (κ3) is 4.44. The molecule has 0 atom stereocenters. The fourth-order valence-electron chi connectivity index (χ4n) is 3.08.